The number of hydrogen-bond donors (Lipinski definition) is 1. The Bertz CT molecular complexity index is 1360. The first kappa shape index (κ1) is 22.5. The summed E-state index contributed by atoms with van der Waals surface area (Å²) in [6, 6.07) is 24.5. The number of aliphatic imine (C=N–C) groups is 1. The lowest BCUT2D eigenvalue weighted by Crippen LogP contribution is -2.13. The van der Waals surface area contributed by atoms with Crippen molar-refractivity contribution in [3.8, 4) is 28.6 Å². The molecule has 166 valence electrons. The molecule has 7 nitrogen and oxygen atoms in total. The molecule has 0 spiro atoms. The van der Waals surface area contributed by atoms with E-state index < -0.39 is 0 Å². The van der Waals surface area contributed by atoms with Gasteiger partial charge < -0.3 is 15.2 Å². The second-order valence-electron chi connectivity index (χ2n) is 6.71. The maximum Gasteiger partial charge on any atom is 0.208 e. The van der Waals surface area contributed by atoms with E-state index in [1.165, 1.54) is 11.8 Å². The number of methoxy groups -OCH3 is 2. The molecule has 0 atom stereocenters. The molecule has 9 heteroatoms. The number of amidine groups is 1. The summed E-state index contributed by atoms with van der Waals surface area (Å²) in [6.07, 6.45) is 0. The van der Waals surface area contributed by atoms with Crippen molar-refractivity contribution in [3.05, 3.63) is 83.6 Å². The quantitative estimate of drug-likeness (QED) is 0.172. The average Bonchev–Trinajstić information content (AvgIpc) is 2.84. The minimum absolute atomic E-state index is 0.273. The first-order valence-corrected chi connectivity index (χ1v) is 11.2. The third-order valence-corrected chi connectivity index (χ3v) is 5.69. The fraction of sp³-hybridized carbons (Fsp3) is 0.0833. The Morgan fingerprint density at radius 2 is 1.52 bits per heavy atom. The maximum atomic E-state index is 6.34. The van der Waals surface area contributed by atoms with Gasteiger partial charge in [-0.1, -0.05) is 54.6 Å². The van der Waals surface area contributed by atoms with Gasteiger partial charge in [-0.2, -0.15) is 4.98 Å². The Morgan fingerprint density at radius 3 is 2.24 bits per heavy atom. The lowest BCUT2D eigenvalue weighted by atomic mass is 10.2. The summed E-state index contributed by atoms with van der Waals surface area (Å²) in [5.41, 5.74) is 8.50. The monoisotopic (exact) mass is 475 g/mol. The van der Waals surface area contributed by atoms with E-state index in [4.69, 9.17) is 32.4 Å². The minimum Gasteiger partial charge on any atom is -0.495 e. The molecule has 0 aliphatic carbocycles. The van der Waals surface area contributed by atoms with E-state index in [0.29, 0.717) is 38.6 Å². The normalized spacial score (nSPS) is 11.3. The zero-order valence-corrected chi connectivity index (χ0v) is 19.6. The van der Waals surface area contributed by atoms with Crippen molar-refractivity contribution in [2.24, 2.45) is 10.7 Å². The van der Waals surface area contributed by atoms with Crippen molar-refractivity contribution in [3.63, 3.8) is 0 Å². The van der Waals surface area contributed by atoms with Crippen LogP contribution >= 0.6 is 24.0 Å². The van der Waals surface area contributed by atoms with E-state index in [1.54, 1.807) is 18.8 Å². The number of aromatic nitrogens is 3. The van der Waals surface area contributed by atoms with Crippen LogP contribution in [0.5, 0.6) is 11.5 Å². The fourth-order valence-corrected chi connectivity index (χ4v) is 4.22. The van der Waals surface area contributed by atoms with E-state index >= 15 is 0 Å². The first-order chi connectivity index (χ1) is 16.1. The van der Waals surface area contributed by atoms with Gasteiger partial charge in [0.25, 0.3) is 0 Å². The fourth-order valence-electron chi connectivity index (χ4n) is 3.15. The van der Waals surface area contributed by atoms with Gasteiger partial charge in [-0.05, 0) is 48.2 Å². The Labute approximate surface area is 201 Å². The van der Waals surface area contributed by atoms with Crippen molar-refractivity contribution >= 4 is 34.8 Å². The largest absolute Gasteiger partial charge is 0.495 e. The Kier molecular flexibility index (Phi) is 7.01. The summed E-state index contributed by atoms with van der Waals surface area (Å²) in [5.74, 6) is 1.75. The van der Waals surface area contributed by atoms with Crippen LogP contribution in [0.4, 0.5) is 5.69 Å². The molecule has 1 aromatic heterocycles. The van der Waals surface area contributed by atoms with E-state index in [2.05, 4.69) is 9.98 Å². The topological polar surface area (TPSA) is 87.5 Å². The van der Waals surface area contributed by atoms with Crippen molar-refractivity contribution in [1.29, 1.82) is 0 Å². The molecule has 0 bridgehead atoms. The van der Waals surface area contributed by atoms with E-state index in [1.807, 2.05) is 78.9 Å². The highest BCUT2D eigenvalue weighted by molar-refractivity contribution is 8.13. The van der Waals surface area contributed by atoms with E-state index in [0.717, 1.165) is 5.56 Å². The van der Waals surface area contributed by atoms with Gasteiger partial charge >= 0.3 is 0 Å². The SMILES string of the molecule is COc1ccccc1N=C(N)Sc1nc(-c2ccccc2)nc(=S)n1-c1ccccc1OC. The zero-order chi connectivity index (χ0) is 23.2. The van der Waals surface area contributed by atoms with Crippen molar-refractivity contribution < 1.29 is 9.47 Å². The van der Waals surface area contributed by atoms with Gasteiger partial charge in [-0.15, -0.1) is 0 Å². The second-order valence-corrected chi connectivity index (χ2v) is 8.06. The number of ether oxygens (including phenoxy) is 2. The highest BCUT2D eigenvalue weighted by Crippen LogP contribution is 2.31. The molecule has 0 fully saturated rings. The Hall–Kier alpha value is -3.69. The smallest absolute Gasteiger partial charge is 0.208 e. The van der Waals surface area contributed by atoms with Crippen LogP contribution in [0.15, 0.2) is 89.0 Å². The van der Waals surface area contributed by atoms with Crippen molar-refractivity contribution in [2.75, 3.05) is 14.2 Å². The molecule has 1 heterocycles. The summed E-state index contributed by atoms with van der Waals surface area (Å²) in [5, 5.41) is 0.782. The highest BCUT2D eigenvalue weighted by Gasteiger charge is 2.17. The molecule has 33 heavy (non-hydrogen) atoms. The van der Waals surface area contributed by atoms with Gasteiger partial charge in [-0.25, -0.2) is 9.98 Å². The predicted molar refractivity (Wildman–Crippen MR) is 134 cm³/mol. The highest BCUT2D eigenvalue weighted by atomic mass is 32.2. The van der Waals surface area contributed by atoms with Crippen LogP contribution in [0, 0.1) is 4.77 Å². The lowest BCUT2D eigenvalue weighted by Gasteiger charge is -2.16. The summed E-state index contributed by atoms with van der Waals surface area (Å²) in [6.45, 7) is 0. The molecule has 2 N–H and O–H groups in total. The van der Waals surface area contributed by atoms with E-state index in [-0.39, 0.29) is 5.17 Å². The Morgan fingerprint density at radius 1 is 0.879 bits per heavy atom. The van der Waals surface area contributed by atoms with Crippen LogP contribution in [-0.4, -0.2) is 33.9 Å². The molecule has 3 aromatic carbocycles. The Balaban J connectivity index is 1.86. The number of hydrogen-bond acceptors (Lipinski definition) is 7. The summed E-state index contributed by atoms with van der Waals surface area (Å²) in [4.78, 5) is 13.9. The number of nitrogens with two attached hydrogens (primary N) is 1. The van der Waals surface area contributed by atoms with Crippen molar-refractivity contribution in [1.82, 2.24) is 14.5 Å². The number of rotatable bonds is 6. The second kappa shape index (κ2) is 10.3. The minimum atomic E-state index is 0.273. The van der Waals surface area contributed by atoms with Gasteiger partial charge in [0.15, 0.2) is 16.1 Å². The van der Waals surface area contributed by atoms with Crippen LogP contribution in [0.2, 0.25) is 0 Å². The number of para-hydroxylation sites is 4. The van der Waals surface area contributed by atoms with Gasteiger partial charge in [-0.3, -0.25) is 4.57 Å². The van der Waals surface area contributed by atoms with Gasteiger partial charge in [0.2, 0.25) is 4.77 Å². The van der Waals surface area contributed by atoms with Crippen LogP contribution < -0.4 is 15.2 Å². The maximum absolute atomic E-state index is 6.34. The summed E-state index contributed by atoms with van der Waals surface area (Å²) in [7, 11) is 3.19. The van der Waals surface area contributed by atoms with Crippen LogP contribution in [0.1, 0.15) is 0 Å². The molecule has 4 rings (SSSR count). The predicted octanol–water partition coefficient (Wildman–Crippen LogP) is 5.42. The van der Waals surface area contributed by atoms with Gasteiger partial charge in [0.05, 0.1) is 19.9 Å². The van der Waals surface area contributed by atoms with Crippen LogP contribution in [0.3, 0.4) is 0 Å². The number of thioether (sulfide) groups is 1. The van der Waals surface area contributed by atoms with E-state index in [9.17, 15) is 0 Å². The lowest BCUT2D eigenvalue weighted by molar-refractivity contribution is 0.411. The molecule has 4 aromatic rings. The molecule has 0 aliphatic heterocycles. The molecule has 0 saturated carbocycles. The molecular weight excluding hydrogens is 454 g/mol. The number of nitrogens with zero attached hydrogens (tertiary/aromatic N) is 4. The average molecular weight is 476 g/mol. The molecule has 0 aliphatic rings. The third kappa shape index (κ3) is 5.05. The molecular formula is C24H21N5O2S2. The molecule has 0 saturated heterocycles. The van der Waals surface area contributed by atoms with Gasteiger partial charge in [0.1, 0.15) is 17.2 Å². The summed E-state index contributed by atoms with van der Waals surface area (Å²) >= 11 is 6.86. The molecule has 0 unspecified atom stereocenters. The summed E-state index contributed by atoms with van der Waals surface area (Å²) < 4.78 is 13.0. The first-order valence-electron chi connectivity index (χ1n) is 9.95. The van der Waals surface area contributed by atoms with Gasteiger partial charge in [0, 0.05) is 5.56 Å². The third-order valence-electron chi connectivity index (χ3n) is 4.66. The number of benzene rings is 3. The molecule has 0 amide bonds. The van der Waals surface area contributed by atoms with Crippen LogP contribution in [-0.2, 0) is 0 Å². The molecule has 0 radical (unpaired) electrons. The zero-order valence-electron chi connectivity index (χ0n) is 18.0. The van der Waals surface area contributed by atoms with Crippen LogP contribution in [0.25, 0.3) is 17.1 Å². The standard InChI is InChI=1S/C24H21N5O2S2/c1-30-19-14-8-6-12-17(19)26-22(25)33-24-28-21(16-10-4-3-5-11-16)27-23(32)29(24)18-13-7-9-15-20(18)31-2/h3-15H,1-2H3,(H2,25,26). The van der Waals surface area contributed by atoms with Crippen molar-refractivity contribution in [2.45, 2.75) is 5.16 Å².